The number of hydrogen-bond acceptors (Lipinski definition) is 4. The third-order valence-corrected chi connectivity index (χ3v) is 4.67. The van der Waals surface area contributed by atoms with E-state index in [-0.39, 0.29) is 5.82 Å². The normalized spacial score (nSPS) is 10.9. The van der Waals surface area contributed by atoms with Crippen LogP contribution in [-0.4, -0.2) is 11.9 Å². The molecule has 0 aromatic heterocycles. The minimum absolute atomic E-state index is 0.324. The molecule has 0 fully saturated rings. The molecule has 3 rings (SSSR count). The molecule has 0 unspecified atom stereocenters. The van der Waals surface area contributed by atoms with Gasteiger partial charge in [0, 0.05) is 22.8 Å². The molecule has 4 nitrogen and oxygen atoms in total. The molecule has 0 aliphatic rings. The number of carbonyl (C=O) groups excluding carboxylic acids is 2. The van der Waals surface area contributed by atoms with Crippen LogP contribution >= 0.6 is 0 Å². The smallest absolute Gasteiger partial charge is 0.338 e. The zero-order chi connectivity index (χ0) is 24.5. The Kier molecular flexibility index (Phi) is 8.08. The first-order chi connectivity index (χ1) is 16.4. The first-order valence-corrected chi connectivity index (χ1v) is 10.4. The van der Waals surface area contributed by atoms with E-state index in [1.165, 1.54) is 6.07 Å². The van der Waals surface area contributed by atoms with Gasteiger partial charge < -0.3 is 9.47 Å². The van der Waals surface area contributed by atoms with Crippen molar-refractivity contribution >= 4 is 36.2 Å². The maximum Gasteiger partial charge on any atom is 0.338 e. The van der Waals surface area contributed by atoms with E-state index in [0.29, 0.717) is 33.8 Å². The Morgan fingerprint density at radius 1 is 0.824 bits per heavy atom. The summed E-state index contributed by atoms with van der Waals surface area (Å²) in [5.41, 5.74) is 2.91. The van der Waals surface area contributed by atoms with Gasteiger partial charge in [0.05, 0.1) is 0 Å². The summed E-state index contributed by atoms with van der Waals surface area (Å²) in [6, 6.07) is 18.8. The molecular weight excluding hydrogens is 431 g/mol. The van der Waals surface area contributed by atoms with E-state index in [1.54, 1.807) is 85.8 Å². The van der Waals surface area contributed by atoms with Crippen molar-refractivity contribution < 1.29 is 23.5 Å². The molecule has 170 valence electrons. The molecule has 0 amide bonds. The molecule has 3 aromatic carbocycles. The van der Waals surface area contributed by atoms with Crippen molar-refractivity contribution in [3.8, 4) is 11.5 Å². The molecule has 0 aliphatic heterocycles. The molecule has 3 aromatic rings. The highest BCUT2D eigenvalue weighted by atomic mass is 19.1. The Morgan fingerprint density at radius 3 is 2.15 bits per heavy atom. The summed E-state index contributed by atoms with van der Waals surface area (Å²) in [4.78, 5) is 23.1. The summed E-state index contributed by atoms with van der Waals surface area (Å²) in [6.45, 7) is 8.52. The fraction of sp³-hybridized carbons (Fsp3) is 0.0345. The van der Waals surface area contributed by atoms with Gasteiger partial charge in [-0.25, -0.2) is 14.0 Å². The maximum atomic E-state index is 14.6. The number of rotatable bonds is 8. The highest BCUT2D eigenvalue weighted by Crippen LogP contribution is 2.23. The maximum absolute atomic E-state index is 14.6. The number of para-hydroxylation sites is 1. The van der Waals surface area contributed by atoms with E-state index in [9.17, 15) is 14.0 Å². The number of hydrogen-bond donors (Lipinski definition) is 0. The second-order valence-electron chi connectivity index (χ2n) is 7.35. The van der Waals surface area contributed by atoms with Gasteiger partial charge in [-0.15, -0.1) is 0 Å². The molecule has 5 heteroatoms. The van der Waals surface area contributed by atoms with E-state index in [1.807, 2.05) is 6.08 Å². The van der Waals surface area contributed by atoms with Crippen LogP contribution in [0.4, 0.5) is 4.39 Å². The highest BCUT2D eigenvalue weighted by molar-refractivity contribution is 5.88. The van der Waals surface area contributed by atoms with Crippen molar-refractivity contribution in [3.63, 3.8) is 0 Å². The molecule has 0 radical (unpaired) electrons. The van der Waals surface area contributed by atoms with Crippen LogP contribution in [0.25, 0.3) is 24.3 Å². The van der Waals surface area contributed by atoms with Crippen molar-refractivity contribution in [3.05, 3.63) is 120 Å². The van der Waals surface area contributed by atoms with Gasteiger partial charge in [0.25, 0.3) is 0 Å². The molecule has 0 aliphatic carbocycles. The van der Waals surface area contributed by atoms with Crippen molar-refractivity contribution in [2.24, 2.45) is 0 Å². The minimum atomic E-state index is -0.564. The van der Waals surface area contributed by atoms with Gasteiger partial charge >= 0.3 is 11.9 Å². The zero-order valence-electron chi connectivity index (χ0n) is 18.7. The molecule has 0 atom stereocenters. The van der Waals surface area contributed by atoms with Crippen LogP contribution in [0.2, 0.25) is 0 Å². The summed E-state index contributed by atoms with van der Waals surface area (Å²) < 4.78 is 25.0. The monoisotopic (exact) mass is 454 g/mol. The second-order valence-corrected chi connectivity index (χ2v) is 7.35. The molecule has 0 heterocycles. The van der Waals surface area contributed by atoms with E-state index in [2.05, 4.69) is 13.2 Å². The van der Waals surface area contributed by atoms with Crippen LogP contribution in [0.5, 0.6) is 11.5 Å². The van der Waals surface area contributed by atoms with Crippen LogP contribution in [0.3, 0.4) is 0 Å². The van der Waals surface area contributed by atoms with E-state index in [0.717, 1.165) is 11.6 Å². The third-order valence-electron chi connectivity index (χ3n) is 4.67. The van der Waals surface area contributed by atoms with Crippen LogP contribution in [0, 0.1) is 5.82 Å². The van der Waals surface area contributed by atoms with Crippen LogP contribution in [-0.2, 0) is 9.59 Å². The first kappa shape index (κ1) is 24.1. The van der Waals surface area contributed by atoms with Gasteiger partial charge in [-0.2, -0.15) is 0 Å². The fourth-order valence-electron chi connectivity index (χ4n) is 2.86. The van der Waals surface area contributed by atoms with Crippen LogP contribution in [0.15, 0.2) is 91.5 Å². The Morgan fingerprint density at radius 2 is 1.47 bits per heavy atom. The summed E-state index contributed by atoms with van der Waals surface area (Å²) >= 11 is 0. The average Bonchev–Trinajstić information content (AvgIpc) is 2.83. The number of halogens is 1. The molecule has 34 heavy (non-hydrogen) atoms. The van der Waals surface area contributed by atoms with Gasteiger partial charge in [0.15, 0.2) is 0 Å². The number of benzene rings is 3. The molecule has 0 saturated heterocycles. The minimum Gasteiger partial charge on any atom is -0.423 e. The quantitative estimate of drug-likeness (QED) is 0.164. The lowest BCUT2D eigenvalue weighted by molar-refractivity contribution is -0.130. The van der Waals surface area contributed by atoms with Gasteiger partial charge in [0.2, 0.25) is 0 Å². The summed E-state index contributed by atoms with van der Waals surface area (Å²) in [6.07, 6.45) is 8.00. The lowest BCUT2D eigenvalue weighted by atomic mass is 10.1. The Hall–Kier alpha value is -4.51. The van der Waals surface area contributed by atoms with Crippen molar-refractivity contribution in [1.82, 2.24) is 0 Å². The average molecular weight is 454 g/mol. The Balaban J connectivity index is 1.69. The molecule has 0 saturated carbocycles. The molecule has 0 bridgehead atoms. The number of ether oxygens (including phenoxy) is 2. The van der Waals surface area contributed by atoms with Crippen molar-refractivity contribution in [2.75, 3.05) is 0 Å². The largest absolute Gasteiger partial charge is 0.423 e. The van der Waals surface area contributed by atoms with Gasteiger partial charge in [-0.1, -0.05) is 79.9 Å². The van der Waals surface area contributed by atoms with Gasteiger partial charge in [0.1, 0.15) is 17.3 Å². The second kappa shape index (κ2) is 11.4. The van der Waals surface area contributed by atoms with Crippen LogP contribution in [0.1, 0.15) is 29.2 Å². The van der Waals surface area contributed by atoms with Gasteiger partial charge in [-0.05, 0) is 42.3 Å². The Labute approximate surface area is 198 Å². The standard InChI is InChI=1S/C29H23FO4/c1-4-28(31)34-27-8-6-5-7-24(27)16-15-23-14-11-22(19-26(23)30)10-9-21-12-17-25(18-13-21)33-29(32)20(2)3/h4-19H,1-2H2,3H3. The Bertz CT molecular complexity index is 1280. The summed E-state index contributed by atoms with van der Waals surface area (Å²) in [7, 11) is 0. The predicted octanol–water partition coefficient (Wildman–Crippen LogP) is 6.74. The van der Waals surface area contributed by atoms with Gasteiger partial charge in [-0.3, -0.25) is 0 Å². The predicted molar refractivity (Wildman–Crippen MR) is 133 cm³/mol. The van der Waals surface area contributed by atoms with E-state index in [4.69, 9.17) is 9.47 Å². The van der Waals surface area contributed by atoms with E-state index >= 15 is 0 Å². The zero-order valence-corrected chi connectivity index (χ0v) is 18.7. The summed E-state index contributed by atoms with van der Waals surface area (Å²) in [5.74, 6) is -0.641. The molecular formula is C29H23FO4. The SMILES string of the molecule is C=CC(=O)Oc1ccccc1C=Cc1ccc(C=Cc2ccc(OC(=O)C(=C)C)cc2)cc1F. The third kappa shape index (κ3) is 6.74. The van der Waals surface area contributed by atoms with Crippen molar-refractivity contribution in [2.45, 2.75) is 6.92 Å². The summed E-state index contributed by atoms with van der Waals surface area (Å²) in [5, 5.41) is 0. The van der Waals surface area contributed by atoms with Crippen LogP contribution < -0.4 is 9.47 Å². The lowest BCUT2D eigenvalue weighted by Crippen LogP contribution is -2.07. The number of carbonyl (C=O) groups is 2. The van der Waals surface area contributed by atoms with Crippen molar-refractivity contribution in [1.29, 1.82) is 0 Å². The fourth-order valence-corrected chi connectivity index (χ4v) is 2.86. The molecule has 0 N–H and O–H groups in total. The van der Waals surface area contributed by atoms with E-state index < -0.39 is 11.9 Å². The highest BCUT2D eigenvalue weighted by Gasteiger charge is 2.06. The first-order valence-electron chi connectivity index (χ1n) is 10.4. The molecule has 0 spiro atoms. The lowest BCUT2D eigenvalue weighted by Gasteiger charge is -2.05. The number of esters is 2. The topological polar surface area (TPSA) is 52.6 Å².